The second-order valence-electron chi connectivity index (χ2n) is 6.30. The minimum Gasteiger partial charge on any atom is -0.444 e. The molecule has 1 spiro atoms. The summed E-state index contributed by atoms with van der Waals surface area (Å²) in [5.41, 5.74) is -0.707. The van der Waals surface area contributed by atoms with Crippen LogP contribution in [0, 0.1) is 0 Å². The van der Waals surface area contributed by atoms with Crippen molar-refractivity contribution < 1.29 is 19.4 Å². The SMILES string of the molecule is CC(C)(C)OC(=O)N1CC[C@@]2(CC[C@@H](CO)O2)C1. The van der Waals surface area contributed by atoms with Crippen LogP contribution >= 0.6 is 0 Å². The molecule has 0 bridgehead atoms. The van der Waals surface area contributed by atoms with Crippen molar-refractivity contribution in [3.63, 3.8) is 0 Å². The molecule has 2 atom stereocenters. The second-order valence-corrected chi connectivity index (χ2v) is 6.30. The number of hydrogen-bond acceptors (Lipinski definition) is 4. The molecule has 2 saturated heterocycles. The van der Waals surface area contributed by atoms with Crippen molar-refractivity contribution in [1.29, 1.82) is 0 Å². The molecule has 0 radical (unpaired) electrons. The quantitative estimate of drug-likeness (QED) is 0.774. The molecule has 0 unspecified atom stereocenters. The fraction of sp³-hybridized carbons (Fsp3) is 0.923. The Labute approximate surface area is 108 Å². The number of nitrogens with zero attached hydrogens (tertiary/aromatic N) is 1. The van der Waals surface area contributed by atoms with Gasteiger partial charge >= 0.3 is 6.09 Å². The summed E-state index contributed by atoms with van der Waals surface area (Å²) in [4.78, 5) is 13.7. The number of rotatable bonds is 1. The van der Waals surface area contributed by atoms with Crippen LogP contribution in [0.4, 0.5) is 4.79 Å². The van der Waals surface area contributed by atoms with Gasteiger partial charge in [0, 0.05) is 6.54 Å². The molecule has 0 aromatic heterocycles. The Kier molecular flexibility index (Phi) is 3.56. The fourth-order valence-electron chi connectivity index (χ4n) is 2.65. The predicted molar refractivity (Wildman–Crippen MR) is 66.3 cm³/mol. The minimum absolute atomic E-state index is 0.0637. The van der Waals surface area contributed by atoms with Gasteiger partial charge in [-0.25, -0.2) is 4.79 Å². The van der Waals surface area contributed by atoms with Gasteiger partial charge in [-0.15, -0.1) is 0 Å². The van der Waals surface area contributed by atoms with Gasteiger partial charge in [0.1, 0.15) is 5.60 Å². The van der Waals surface area contributed by atoms with Crippen molar-refractivity contribution >= 4 is 6.09 Å². The van der Waals surface area contributed by atoms with Crippen LogP contribution in [-0.2, 0) is 9.47 Å². The molecular formula is C13H23NO4. The topological polar surface area (TPSA) is 59.0 Å². The molecule has 0 saturated carbocycles. The summed E-state index contributed by atoms with van der Waals surface area (Å²) >= 11 is 0. The van der Waals surface area contributed by atoms with Crippen LogP contribution in [0.2, 0.25) is 0 Å². The number of aliphatic hydroxyl groups is 1. The molecule has 104 valence electrons. The molecule has 0 aromatic carbocycles. The van der Waals surface area contributed by atoms with Gasteiger partial charge in [0.05, 0.1) is 24.9 Å². The van der Waals surface area contributed by atoms with Crippen molar-refractivity contribution in [1.82, 2.24) is 4.90 Å². The van der Waals surface area contributed by atoms with Crippen molar-refractivity contribution in [3.05, 3.63) is 0 Å². The number of hydrogen-bond donors (Lipinski definition) is 1. The lowest BCUT2D eigenvalue weighted by Crippen LogP contribution is -2.39. The summed E-state index contributed by atoms with van der Waals surface area (Å²) in [6, 6.07) is 0. The van der Waals surface area contributed by atoms with E-state index in [0.717, 1.165) is 19.3 Å². The maximum absolute atomic E-state index is 12.0. The Hall–Kier alpha value is -0.810. The Morgan fingerprint density at radius 3 is 2.78 bits per heavy atom. The van der Waals surface area contributed by atoms with Gasteiger partial charge in [0.2, 0.25) is 0 Å². The molecule has 5 heteroatoms. The lowest BCUT2D eigenvalue weighted by molar-refractivity contribution is -0.0533. The second kappa shape index (κ2) is 4.70. The Morgan fingerprint density at radius 1 is 1.50 bits per heavy atom. The third-order valence-electron chi connectivity index (χ3n) is 3.51. The first kappa shape index (κ1) is 13.6. The molecule has 0 aliphatic carbocycles. The molecule has 2 aliphatic heterocycles. The summed E-state index contributed by atoms with van der Waals surface area (Å²) in [5, 5.41) is 9.11. The van der Waals surface area contributed by atoms with Crippen LogP contribution in [0.3, 0.4) is 0 Å². The monoisotopic (exact) mass is 257 g/mol. The van der Waals surface area contributed by atoms with Crippen LogP contribution in [0.15, 0.2) is 0 Å². The van der Waals surface area contributed by atoms with E-state index in [-0.39, 0.29) is 24.4 Å². The number of amides is 1. The average molecular weight is 257 g/mol. The van der Waals surface area contributed by atoms with E-state index in [1.54, 1.807) is 4.90 Å². The van der Waals surface area contributed by atoms with Gasteiger partial charge in [0.15, 0.2) is 0 Å². The first-order valence-electron chi connectivity index (χ1n) is 6.60. The van der Waals surface area contributed by atoms with Crippen LogP contribution in [-0.4, -0.2) is 53.1 Å². The third-order valence-corrected chi connectivity index (χ3v) is 3.51. The number of carbonyl (C=O) groups excluding carboxylic acids is 1. The Morgan fingerprint density at radius 2 is 2.22 bits per heavy atom. The number of carbonyl (C=O) groups is 1. The molecule has 2 heterocycles. The minimum atomic E-state index is -0.461. The van der Waals surface area contributed by atoms with Crippen molar-refractivity contribution in [2.75, 3.05) is 19.7 Å². The normalized spacial score (nSPS) is 32.2. The van der Waals surface area contributed by atoms with Gasteiger partial charge in [-0.05, 0) is 40.0 Å². The highest BCUT2D eigenvalue weighted by atomic mass is 16.6. The van der Waals surface area contributed by atoms with Gasteiger partial charge in [0.25, 0.3) is 0 Å². The highest BCUT2D eigenvalue weighted by Gasteiger charge is 2.47. The van der Waals surface area contributed by atoms with E-state index in [4.69, 9.17) is 14.6 Å². The van der Waals surface area contributed by atoms with E-state index in [0.29, 0.717) is 13.1 Å². The number of aliphatic hydroxyl groups excluding tert-OH is 1. The number of ether oxygens (including phenoxy) is 2. The maximum atomic E-state index is 12.0. The molecule has 1 amide bonds. The summed E-state index contributed by atoms with van der Waals surface area (Å²) in [6.07, 6.45) is 2.29. The van der Waals surface area contributed by atoms with Crippen molar-refractivity contribution in [2.24, 2.45) is 0 Å². The van der Waals surface area contributed by atoms with Crippen molar-refractivity contribution in [2.45, 2.75) is 57.3 Å². The van der Waals surface area contributed by atoms with E-state index < -0.39 is 5.60 Å². The van der Waals surface area contributed by atoms with Crippen LogP contribution in [0.25, 0.3) is 0 Å². The van der Waals surface area contributed by atoms with Crippen LogP contribution < -0.4 is 0 Å². The van der Waals surface area contributed by atoms with E-state index in [1.165, 1.54) is 0 Å². The first-order chi connectivity index (χ1) is 8.34. The summed E-state index contributed by atoms with van der Waals surface area (Å²) in [7, 11) is 0. The Bertz CT molecular complexity index is 325. The van der Waals surface area contributed by atoms with Gasteiger partial charge < -0.3 is 19.5 Å². The van der Waals surface area contributed by atoms with Crippen LogP contribution in [0.1, 0.15) is 40.0 Å². The van der Waals surface area contributed by atoms with E-state index in [9.17, 15) is 4.79 Å². The molecule has 0 aromatic rings. The zero-order chi connectivity index (χ0) is 13.4. The first-order valence-corrected chi connectivity index (χ1v) is 6.60. The number of likely N-dealkylation sites (tertiary alicyclic amines) is 1. The molecule has 18 heavy (non-hydrogen) atoms. The molecular weight excluding hydrogens is 234 g/mol. The van der Waals surface area contributed by atoms with E-state index in [1.807, 2.05) is 20.8 Å². The third kappa shape index (κ3) is 2.95. The highest BCUT2D eigenvalue weighted by molar-refractivity contribution is 5.68. The zero-order valence-corrected chi connectivity index (χ0v) is 11.4. The summed E-state index contributed by atoms with van der Waals surface area (Å²) < 4.78 is 11.2. The highest BCUT2D eigenvalue weighted by Crippen LogP contribution is 2.38. The fourth-order valence-corrected chi connectivity index (χ4v) is 2.65. The van der Waals surface area contributed by atoms with E-state index >= 15 is 0 Å². The lowest BCUT2D eigenvalue weighted by atomic mass is 9.99. The summed E-state index contributed by atoms with van der Waals surface area (Å²) in [5.74, 6) is 0. The lowest BCUT2D eigenvalue weighted by Gasteiger charge is -2.27. The Balaban J connectivity index is 1.91. The van der Waals surface area contributed by atoms with Gasteiger partial charge in [-0.3, -0.25) is 0 Å². The predicted octanol–water partition coefficient (Wildman–Crippen LogP) is 1.54. The summed E-state index contributed by atoms with van der Waals surface area (Å²) in [6.45, 7) is 6.92. The average Bonchev–Trinajstić information content (AvgIpc) is 2.84. The molecule has 2 aliphatic rings. The molecule has 1 N–H and O–H groups in total. The molecule has 2 rings (SSSR count). The van der Waals surface area contributed by atoms with Crippen LogP contribution in [0.5, 0.6) is 0 Å². The standard InChI is InChI=1S/C13H23NO4/c1-12(2,3)18-11(16)14-7-6-13(9-14)5-4-10(8-15)17-13/h10,15H,4-9H2,1-3H3/t10-,13-/m0/s1. The molecule has 5 nitrogen and oxygen atoms in total. The van der Waals surface area contributed by atoms with Gasteiger partial charge in [-0.1, -0.05) is 0 Å². The van der Waals surface area contributed by atoms with E-state index in [2.05, 4.69) is 0 Å². The smallest absolute Gasteiger partial charge is 0.410 e. The maximum Gasteiger partial charge on any atom is 0.410 e. The zero-order valence-electron chi connectivity index (χ0n) is 11.4. The molecule has 2 fully saturated rings. The van der Waals surface area contributed by atoms with Gasteiger partial charge in [-0.2, -0.15) is 0 Å². The largest absolute Gasteiger partial charge is 0.444 e. The van der Waals surface area contributed by atoms with Crippen molar-refractivity contribution in [3.8, 4) is 0 Å².